The summed E-state index contributed by atoms with van der Waals surface area (Å²) in [6.07, 6.45) is -0.620. The molecular weight excluding hydrogens is 501 g/mol. The Labute approximate surface area is 213 Å². The Morgan fingerprint density at radius 1 is 0.892 bits per heavy atom. The van der Waals surface area contributed by atoms with Gasteiger partial charge in [0.2, 0.25) is 0 Å². The number of hydrogen-bond acceptors (Lipinski definition) is 4. The minimum absolute atomic E-state index is 0.269. The van der Waals surface area contributed by atoms with Crippen LogP contribution >= 0.6 is 0 Å². The third kappa shape index (κ3) is 5.83. The summed E-state index contributed by atoms with van der Waals surface area (Å²) in [4.78, 5) is 5.89. The predicted molar refractivity (Wildman–Crippen MR) is 137 cm³/mol. The Bertz CT molecular complexity index is 1460. The van der Waals surface area contributed by atoms with Crippen LogP contribution < -0.4 is 4.74 Å². The molecule has 1 aromatic heterocycles. The van der Waals surface area contributed by atoms with Crippen LogP contribution in [0.3, 0.4) is 0 Å². The van der Waals surface area contributed by atoms with Crippen LogP contribution in [-0.2, 0) is 16.3 Å². The van der Waals surface area contributed by atoms with E-state index >= 15 is 0 Å². The number of piperidine rings is 1. The lowest BCUT2D eigenvalue weighted by Crippen LogP contribution is -2.40. The van der Waals surface area contributed by atoms with Gasteiger partial charge in [-0.05, 0) is 79.4 Å². The molecule has 9 heteroatoms. The molecule has 0 aliphatic carbocycles. The normalized spacial score (nSPS) is 15.8. The van der Waals surface area contributed by atoms with Crippen molar-refractivity contribution in [2.75, 3.05) is 19.6 Å². The first kappa shape index (κ1) is 25.4. The van der Waals surface area contributed by atoms with E-state index in [4.69, 9.17) is 0 Å². The van der Waals surface area contributed by atoms with Gasteiger partial charge >= 0.3 is 6.36 Å². The van der Waals surface area contributed by atoms with Crippen LogP contribution in [0.1, 0.15) is 18.4 Å². The van der Waals surface area contributed by atoms with Crippen molar-refractivity contribution in [3.8, 4) is 16.9 Å². The highest BCUT2D eigenvalue weighted by atomic mass is 32.2. The molecule has 1 saturated heterocycles. The van der Waals surface area contributed by atoms with E-state index in [0.717, 1.165) is 31.6 Å². The lowest BCUT2D eigenvalue weighted by Gasteiger charge is -2.31. The molecule has 0 unspecified atom stereocenters. The summed E-state index contributed by atoms with van der Waals surface area (Å²) < 4.78 is 67.5. The standard InChI is InChI=1S/C28H27F3N2O3S/c29-28(30,31)36-23-9-5-20(6-10-23)21-7-11-24(12-8-21)37(34,35)25-14-17-33(18-15-25)16-13-22-19-32-27-4-2-1-3-26(22)27/h1-12,19,25,32H,13-18H2. The number of nitrogens with one attached hydrogen (secondary N) is 1. The fraction of sp³-hybridized carbons (Fsp3) is 0.286. The van der Waals surface area contributed by atoms with Gasteiger partial charge in [0.15, 0.2) is 9.84 Å². The van der Waals surface area contributed by atoms with Crippen molar-refractivity contribution in [1.29, 1.82) is 0 Å². The summed E-state index contributed by atoms with van der Waals surface area (Å²) >= 11 is 0. The first-order valence-electron chi connectivity index (χ1n) is 12.2. The van der Waals surface area contributed by atoms with E-state index in [-0.39, 0.29) is 10.6 Å². The minimum atomic E-state index is -4.75. The monoisotopic (exact) mass is 528 g/mol. The molecule has 4 aromatic rings. The number of halogens is 3. The third-order valence-electron chi connectivity index (χ3n) is 6.95. The average molecular weight is 529 g/mol. The summed E-state index contributed by atoms with van der Waals surface area (Å²) in [7, 11) is -3.48. The van der Waals surface area contributed by atoms with Crippen molar-refractivity contribution in [3.63, 3.8) is 0 Å². The molecule has 1 fully saturated rings. The van der Waals surface area contributed by atoms with Crippen LogP contribution in [0, 0.1) is 0 Å². The number of rotatable bonds is 7. The van der Waals surface area contributed by atoms with Gasteiger partial charge in [0.1, 0.15) is 5.75 Å². The number of para-hydroxylation sites is 1. The van der Waals surface area contributed by atoms with Gasteiger partial charge in [-0.25, -0.2) is 8.42 Å². The lowest BCUT2D eigenvalue weighted by atomic mass is 10.1. The molecule has 2 heterocycles. The van der Waals surface area contributed by atoms with Gasteiger partial charge in [-0.2, -0.15) is 0 Å². The van der Waals surface area contributed by atoms with Crippen LogP contribution in [0.4, 0.5) is 13.2 Å². The number of ether oxygens (including phenoxy) is 1. The summed E-state index contributed by atoms with van der Waals surface area (Å²) in [6, 6.07) is 20.2. The Kier molecular flexibility index (Phi) is 7.00. The molecule has 5 rings (SSSR count). The van der Waals surface area contributed by atoms with Gasteiger partial charge < -0.3 is 14.6 Å². The van der Waals surface area contributed by atoms with E-state index in [0.29, 0.717) is 24.0 Å². The second-order valence-electron chi connectivity index (χ2n) is 9.29. The number of H-pyrrole nitrogens is 1. The SMILES string of the molecule is O=S(=O)(c1ccc(-c2ccc(OC(F)(F)F)cc2)cc1)C1CCN(CCc2c[nH]c3ccccc23)CC1. The Morgan fingerprint density at radius 2 is 1.51 bits per heavy atom. The highest BCUT2D eigenvalue weighted by Crippen LogP contribution is 2.29. The Hall–Kier alpha value is -3.30. The van der Waals surface area contributed by atoms with E-state index in [1.54, 1.807) is 24.3 Å². The minimum Gasteiger partial charge on any atom is -0.406 e. The average Bonchev–Trinajstić information content (AvgIpc) is 3.30. The van der Waals surface area contributed by atoms with Crippen molar-refractivity contribution in [2.45, 2.75) is 35.8 Å². The second-order valence-corrected chi connectivity index (χ2v) is 11.5. The number of sulfone groups is 1. The van der Waals surface area contributed by atoms with Crippen LogP contribution in [-0.4, -0.2) is 49.5 Å². The first-order valence-corrected chi connectivity index (χ1v) is 13.7. The van der Waals surface area contributed by atoms with Gasteiger partial charge in [0.25, 0.3) is 0 Å². The smallest absolute Gasteiger partial charge is 0.406 e. The zero-order valence-corrected chi connectivity index (χ0v) is 20.9. The summed E-state index contributed by atoms with van der Waals surface area (Å²) in [5, 5.41) is 0.801. The zero-order chi connectivity index (χ0) is 26.0. The quantitative estimate of drug-likeness (QED) is 0.310. The second kappa shape index (κ2) is 10.2. The maximum atomic E-state index is 13.3. The molecule has 5 nitrogen and oxygen atoms in total. The molecule has 0 amide bonds. The summed E-state index contributed by atoms with van der Waals surface area (Å²) in [5.41, 5.74) is 3.78. The highest BCUT2D eigenvalue weighted by molar-refractivity contribution is 7.92. The van der Waals surface area contributed by atoms with Crippen molar-refractivity contribution in [2.24, 2.45) is 0 Å². The maximum absolute atomic E-state index is 13.3. The molecular formula is C28H27F3N2O3S. The van der Waals surface area contributed by atoms with Gasteiger partial charge in [-0.3, -0.25) is 0 Å². The maximum Gasteiger partial charge on any atom is 0.573 e. The number of alkyl halides is 3. The molecule has 0 saturated carbocycles. The molecule has 0 spiro atoms. The number of nitrogens with zero attached hydrogens (tertiary/aromatic N) is 1. The molecule has 1 aliphatic rings. The fourth-order valence-electron chi connectivity index (χ4n) is 4.94. The van der Waals surface area contributed by atoms with Gasteiger partial charge in [-0.15, -0.1) is 13.2 Å². The first-order chi connectivity index (χ1) is 17.7. The zero-order valence-electron chi connectivity index (χ0n) is 20.0. The largest absolute Gasteiger partial charge is 0.573 e. The van der Waals surface area contributed by atoms with E-state index < -0.39 is 21.4 Å². The van der Waals surface area contributed by atoms with E-state index in [9.17, 15) is 21.6 Å². The highest BCUT2D eigenvalue weighted by Gasteiger charge is 2.32. The molecule has 1 N–H and O–H groups in total. The number of aromatic amines is 1. The predicted octanol–water partition coefficient (Wildman–Crippen LogP) is 6.21. The number of benzene rings is 3. The van der Waals surface area contributed by atoms with Crippen LogP contribution in [0.5, 0.6) is 5.75 Å². The van der Waals surface area contributed by atoms with Crippen molar-refractivity contribution in [1.82, 2.24) is 9.88 Å². The van der Waals surface area contributed by atoms with E-state index in [2.05, 4.69) is 33.0 Å². The van der Waals surface area contributed by atoms with Crippen molar-refractivity contribution in [3.05, 3.63) is 84.6 Å². The third-order valence-corrected chi connectivity index (χ3v) is 9.23. The molecule has 0 radical (unpaired) electrons. The van der Waals surface area contributed by atoms with Crippen LogP contribution in [0.15, 0.2) is 83.9 Å². The van der Waals surface area contributed by atoms with Crippen LogP contribution in [0.2, 0.25) is 0 Å². The number of likely N-dealkylation sites (tertiary alicyclic amines) is 1. The Morgan fingerprint density at radius 3 is 2.16 bits per heavy atom. The van der Waals surface area contributed by atoms with E-state index in [1.165, 1.54) is 35.2 Å². The summed E-state index contributed by atoms with van der Waals surface area (Å²) in [5.74, 6) is -0.303. The van der Waals surface area contributed by atoms with Crippen molar-refractivity contribution >= 4 is 20.7 Å². The molecule has 3 aromatic carbocycles. The Balaban J connectivity index is 1.17. The molecule has 194 valence electrons. The molecule has 0 atom stereocenters. The van der Waals surface area contributed by atoms with Gasteiger partial charge in [0, 0.05) is 23.6 Å². The van der Waals surface area contributed by atoms with Crippen LogP contribution in [0.25, 0.3) is 22.0 Å². The number of fused-ring (bicyclic) bond motifs is 1. The van der Waals surface area contributed by atoms with Crippen molar-refractivity contribution < 1.29 is 26.3 Å². The van der Waals surface area contributed by atoms with E-state index in [1.807, 2.05) is 12.1 Å². The number of aromatic nitrogens is 1. The number of hydrogen-bond donors (Lipinski definition) is 1. The molecule has 37 heavy (non-hydrogen) atoms. The molecule has 0 bridgehead atoms. The molecule has 1 aliphatic heterocycles. The lowest BCUT2D eigenvalue weighted by molar-refractivity contribution is -0.274. The summed E-state index contributed by atoms with van der Waals surface area (Å²) in [6.45, 7) is 2.35. The van der Waals surface area contributed by atoms with Gasteiger partial charge in [-0.1, -0.05) is 42.5 Å². The topological polar surface area (TPSA) is 62.4 Å². The van der Waals surface area contributed by atoms with Gasteiger partial charge in [0.05, 0.1) is 10.1 Å². The fourth-order valence-corrected chi connectivity index (χ4v) is 6.67.